The van der Waals surface area contributed by atoms with Crippen LogP contribution in [0.3, 0.4) is 0 Å². The second kappa shape index (κ2) is 4.46. The van der Waals surface area contributed by atoms with Crippen LogP contribution in [0.25, 0.3) is 0 Å². The van der Waals surface area contributed by atoms with Crippen LogP contribution < -0.4 is 5.43 Å². The summed E-state index contributed by atoms with van der Waals surface area (Å²) in [6, 6.07) is 3.25. The van der Waals surface area contributed by atoms with E-state index >= 15 is 0 Å². The van der Waals surface area contributed by atoms with Crippen LogP contribution in [-0.4, -0.2) is 39.4 Å². The van der Waals surface area contributed by atoms with Crippen molar-refractivity contribution in [2.24, 2.45) is 0 Å². The van der Waals surface area contributed by atoms with Crippen molar-refractivity contribution in [3.05, 3.63) is 39.4 Å². The summed E-state index contributed by atoms with van der Waals surface area (Å²) in [6.07, 6.45) is 0. The predicted octanol–water partition coefficient (Wildman–Crippen LogP) is -0.220. The van der Waals surface area contributed by atoms with Gasteiger partial charge in [-0.2, -0.15) is 0 Å². The number of carboxylic acid groups (broad SMARTS) is 1. The molecule has 2 amide bonds. The molecule has 0 aliphatic carbocycles. The average Bonchev–Trinajstić information content (AvgIpc) is 2.59. The number of nitro groups is 1. The van der Waals surface area contributed by atoms with Crippen LogP contribution in [0.15, 0.2) is 18.2 Å². The molecule has 1 aromatic carbocycles. The van der Waals surface area contributed by atoms with Gasteiger partial charge in [-0.15, -0.1) is 0 Å². The molecule has 0 bridgehead atoms. The lowest BCUT2D eigenvalue weighted by Gasteiger charge is -2.12. The molecular weight excluding hydrogens is 258 g/mol. The first-order valence-corrected chi connectivity index (χ1v) is 5.04. The van der Waals surface area contributed by atoms with Crippen LogP contribution >= 0.6 is 0 Å². The van der Waals surface area contributed by atoms with E-state index in [0.717, 1.165) is 18.2 Å². The van der Waals surface area contributed by atoms with Crippen LogP contribution in [0.1, 0.15) is 20.7 Å². The zero-order valence-corrected chi connectivity index (χ0v) is 9.32. The van der Waals surface area contributed by atoms with Crippen molar-refractivity contribution in [3.8, 4) is 0 Å². The number of aliphatic carboxylic acids is 1. The Morgan fingerprint density at radius 1 is 1.32 bits per heavy atom. The van der Waals surface area contributed by atoms with E-state index in [4.69, 9.17) is 5.11 Å². The summed E-state index contributed by atoms with van der Waals surface area (Å²) in [4.78, 5) is 43.9. The largest absolute Gasteiger partial charge is 0.480 e. The third-order valence-electron chi connectivity index (χ3n) is 2.47. The van der Waals surface area contributed by atoms with Gasteiger partial charge in [-0.3, -0.25) is 24.5 Å². The molecule has 2 N–H and O–H groups in total. The Labute approximate surface area is 105 Å². The number of nitro benzene ring substituents is 1. The number of non-ortho nitro benzene ring substituents is 1. The number of hydrogen-bond donors (Lipinski definition) is 2. The molecule has 0 aromatic heterocycles. The van der Waals surface area contributed by atoms with Crippen molar-refractivity contribution >= 4 is 23.5 Å². The maximum atomic E-state index is 11.8. The number of carbonyl (C=O) groups excluding carboxylic acids is 2. The van der Waals surface area contributed by atoms with Gasteiger partial charge in [0.05, 0.1) is 16.1 Å². The average molecular weight is 265 g/mol. The number of carbonyl (C=O) groups is 3. The Morgan fingerprint density at radius 2 is 1.95 bits per heavy atom. The van der Waals surface area contributed by atoms with Gasteiger partial charge >= 0.3 is 5.97 Å². The number of nitrogens with zero attached hydrogens (tertiary/aromatic N) is 2. The van der Waals surface area contributed by atoms with Crippen LogP contribution in [-0.2, 0) is 4.79 Å². The summed E-state index contributed by atoms with van der Waals surface area (Å²) >= 11 is 0. The maximum Gasteiger partial charge on any atom is 0.319 e. The number of imide groups is 1. The third kappa shape index (κ3) is 2.13. The molecule has 0 saturated heterocycles. The zero-order chi connectivity index (χ0) is 14.2. The second-order valence-corrected chi connectivity index (χ2v) is 3.66. The number of carboxylic acids is 1. The molecule has 1 aromatic rings. The van der Waals surface area contributed by atoms with Crippen molar-refractivity contribution in [1.29, 1.82) is 0 Å². The number of hydrazine groups is 1. The van der Waals surface area contributed by atoms with Crippen LogP contribution in [0.2, 0.25) is 0 Å². The van der Waals surface area contributed by atoms with Crippen molar-refractivity contribution < 1.29 is 24.4 Å². The minimum absolute atomic E-state index is 0.00603. The first kappa shape index (κ1) is 12.6. The Hall–Kier alpha value is -2.81. The quantitative estimate of drug-likeness (QED) is 0.437. The summed E-state index contributed by atoms with van der Waals surface area (Å²) in [5.74, 6) is -2.80. The minimum Gasteiger partial charge on any atom is -0.480 e. The van der Waals surface area contributed by atoms with E-state index in [1.54, 1.807) is 0 Å². The summed E-state index contributed by atoms with van der Waals surface area (Å²) in [6.45, 7) is -0.617. The Kier molecular flexibility index (Phi) is 2.97. The highest BCUT2D eigenvalue weighted by molar-refractivity contribution is 6.21. The van der Waals surface area contributed by atoms with Crippen LogP contribution in [0, 0.1) is 10.1 Å². The van der Waals surface area contributed by atoms with Gasteiger partial charge in [0.25, 0.3) is 17.5 Å². The van der Waals surface area contributed by atoms with Crippen molar-refractivity contribution in [3.63, 3.8) is 0 Å². The van der Waals surface area contributed by atoms with Crippen molar-refractivity contribution in [2.45, 2.75) is 0 Å². The molecule has 98 valence electrons. The molecule has 0 radical (unpaired) electrons. The van der Waals surface area contributed by atoms with E-state index in [0.29, 0.717) is 5.01 Å². The van der Waals surface area contributed by atoms with Gasteiger partial charge in [0.1, 0.15) is 6.54 Å². The van der Waals surface area contributed by atoms with Gasteiger partial charge in [-0.25, -0.2) is 10.4 Å². The Morgan fingerprint density at radius 3 is 2.53 bits per heavy atom. The fraction of sp³-hybridized carbons (Fsp3) is 0.100. The molecule has 1 aliphatic heterocycles. The third-order valence-corrected chi connectivity index (χ3v) is 2.47. The van der Waals surface area contributed by atoms with E-state index in [-0.39, 0.29) is 16.8 Å². The van der Waals surface area contributed by atoms with Crippen molar-refractivity contribution in [1.82, 2.24) is 10.4 Å². The first-order chi connectivity index (χ1) is 8.91. The van der Waals surface area contributed by atoms with E-state index < -0.39 is 29.3 Å². The lowest BCUT2D eigenvalue weighted by molar-refractivity contribution is -0.384. The molecular formula is C10H7N3O6. The monoisotopic (exact) mass is 265 g/mol. The summed E-state index contributed by atoms with van der Waals surface area (Å²) in [5.41, 5.74) is 1.69. The lowest BCUT2D eigenvalue weighted by Crippen LogP contribution is -2.44. The predicted molar refractivity (Wildman–Crippen MR) is 59.2 cm³/mol. The van der Waals surface area contributed by atoms with Gasteiger partial charge in [-0.05, 0) is 6.07 Å². The summed E-state index contributed by atoms with van der Waals surface area (Å²) in [7, 11) is 0. The zero-order valence-electron chi connectivity index (χ0n) is 9.32. The SMILES string of the molecule is O=C(O)CNN1C(=O)c2ccc([N+](=O)[O-])cc2C1=O. The highest BCUT2D eigenvalue weighted by Crippen LogP contribution is 2.25. The second-order valence-electron chi connectivity index (χ2n) is 3.66. The van der Waals surface area contributed by atoms with E-state index in [2.05, 4.69) is 5.43 Å². The maximum absolute atomic E-state index is 11.8. The summed E-state index contributed by atoms with van der Waals surface area (Å²) in [5, 5.41) is 19.6. The molecule has 1 aliphatic rings. The number of hydrogen-bond acceptors (Lipinski definition) is 6. The number of rotatable bonds is 4. The number of amides is 2. The molecule has 0 spiro atoms. The lowest BCUT2D eigenvalue weighted by atomic mass is 10.1. The normalized spacial score (nSPS) is 13.6. The number of nitrogens with one attached hydrogen (secondary N) is 1. The molecule has 9 heteroatoms. The number of benzene rings is 1. The molecule has 0 unspecified atom stereocenters. The summed E-state index contributed by atoms with van der Waals surface area (Å²) < 4.78 is 0. The standard InChI is InChI=1S/C10H7N3O6/c14-8(15)4-11-12-9(16)6-2-1-5(13(18)19)3-7(6)10(12)17/h1-3,11H,4H2,(H,14,15). The van der Waals surface area contributed by atoms with Gasteiger partial charge in [0.2, 0.25) is 0 Å². The van der Waals surface area contributed by atoms with E-state index in [1.165, 1.54) is 0 Å². The van der Waals surface area contributed by atoms with Gasteiger partial charge < -0.3 is 5.11 Å². The van der Waals surface area contributed by atoms with Crippen LogP contribution in [0.4, 0.5) is 5.69 Å². The molecule has 1 heterocycles. The first-order valence-electron chi connectivity index (χ1n) is 5.04. The van der Waals surface area contributed by atoms with E-state index in [9.17, 15) is 24.5 Å². The molecule has 0 saturated carbocycles. The highest BCUT2D eigenvalue weighted by Gasteiger charge is 2.37. The van der Waals surface area contributed by atoms with Crippen LogP contribution in [0.5, 0.6) is 0 Å². The molecule has 2 rings (SSSR count). The molecule has 9 nitrogen and oxygen atoms in total. The fourth-order valence-corrected chi connectivity index (χ4v) is 1.63. The molecule has 0 fully saturated rings. The smallest absolute Gasteiger partial charge is 0.319 e. The van der Waals surface area contributed by atoms with Gasteiger partial charge in [-0.1, -0.05) is 0 Å². The minimum atomic E-state index is -1.25. The van der Waals surface area contributed by atoms with Gasteiger partial charge in [0, 0.05) is 12.1 Å². The molecule has 0 atom stereocenters. The number of fused-ring (bicyclic) bond motifs is 1. The fourth-order valence-electron chi connectivity index (χ4n) is 1.63. The Balaban J connectivity index is 2.33. The molecule has 19 heavy (non-hydrogen) atoms. The Bertz CT molecular complexity index is 611. The highest BCUT2D eigenvalue weighted by atomic mass is 16.6. The van der Waals surface area contributed by atoms with E-state index in [1.807, 2.05) is 0 Å². The van der Waals surface area contributed by atoms with Crippen molar-refractivity contribution in [2.75, 3.05) is 6.54 Å². The topological polar surface area (TPSA) is 130 Å². The van der Waals surface area contributed by atoms with Gasteiger partial charge in [0.15, 0.2) is 0 Å².